The van der Waals surface area contributed by atoms with Crippen molar-refractivity contribution in [3.8, 4) is 22.8 Å². The Hall–Kier alpha value is -2.83. The van der Waals surface area contributed by atoms with Crippen molar-refractivity contribution in [2.45, 2.75) is 12.8 Å². The number of nitrogens with zero attached hydrogens (tertiary/aromatic N) is 1. The van der Waals surface area contributed by atoms with Gasteiger partial charge < -0.3 is 14.6 Å². The van der Waals surface area contributed by atoms with Crippen molar-refractivity contribution < 1.29 is 28.6 Å². The summed E-state index contributed by atoms with van der Waals surface area (Å²) in [6.45, 7) is 0. The maximum Gasteiger partial charge on any atom is 0.256 e. The highest BCUT2D eigenvalue weighted by atomic mass is 19.1. The standard InChI is InChI=1S/C14H10FNO5/c15-8-4-2-1-3-7(8)13-11(19)12(20)14(21-13)16-9(17)5-6-10(16)18/h1-4,19-20H,5-6H2. The Morgan fingerprint density at radius 2 is 1.67 bits per heavy atom. The van der Waals surface area contributed by atoms with Crippen LogP contribution in [0, 0.1) is 5.82 Å². The van der Waals surface area contributed by atoms with Gasteiger partial charge in [0.25, 0.3) is 5.88 Å². The Balaban J connectivity index is 2.14. The molecule has 1 aromatic heterocycles. The Morgan fingerprint density at radius 1 is 1.05 bits per heavy atom. The summed E-state index contributed by atoms with van der Waals surface area (Å²) in [5, 5.41) is 19.7. The fourth-order valence-electron chi connectivity index (χ4n) is 2.18. The second-order valence-electron chi connectivity index (χ2n) is 4.54. The third kappa shape index (κ3) is 1.94. The molecule has 0 atom stereocenters. The normalized spacial score (nSPS) is 15.0. The van der Waals surface area contributed by atoms with Crippen LogP contribution >= 0.6 is 0 Å². The SMILES string of the molecule is O=C1CCC(=O)N1c1oc(-c2ccccc2F)c(O)c1O. The van der Waals surface area contributed by atoms with Crippen LogP contribution in [0.4, 0.5) is 10.3 Å². The quantitative estimate of drug-likeness (QED) is 0.827. The monoisotopic (exact) mass is 291 g/mol. The molecule has 3 rings (SSSR count). The summed E-state index contributed by atoms with van der Waals surface area (Å²) in [4.78, 5) is 23.9. The molecule has 0 bridgehead atoms. The third-order valence-electron chi connectivity index (χ3n) is 3.21. The number of aromatic hydroxyl groups is 2. The molecule has 21 heavy (non-hydrogen) atoms. The molecular weight excluding hydrogens is 281 g/mol. The molecule has 1 aliphatic rings. The Morgan fingerprint density at radius 3 is 2.29 bits per heavy atom. The molecule has 0 unspecified atom stereocenters. The van der Waals surface area contributed by atoms with E-state index in [4.69, 9.17) is 4.42 Å². The van der Waals surface area contributed by atoms with E-state index in [1.165, 1.54) is 18.2 Å². The highest BCUT2D eigenvalue weighted by molar-refractivity contribution is 6.20. The van der Waals surface area contributed by atoms with Crippen molar-refractivity contribution in [1.29, 1.82) is 0 Å². The van der Waals surface area contributed by atoms with Crippen LogP contribution in [-0.4, -0.2) is 22.0 Å². The smallest absolute Gasteiger partial charge is 0.256 e. The molecule has 1 fully saturated rings. The number of carbonyl (C=O) groups excluding carboxylic acids is 2. The molecule has 7 heteroatoms. The minimum absolute atomic E-state index is 0.00519. The molecule has 1 aliphatic heterocycles. The van der Waals surface area contributed by atoms with Crippen molar-refractivity contribution in [2.75, 3.05) is 4.90 Å². The van der Waals surface area contributed by atoms with E-state index >= 15 is 0 Å². The van der Waals surface area contributed by atoms with E-state index in [1.54, 1.807) is 0 Å². The number of benzene rings is 1. The summed E-state index contributed by atoms with van der Waals surface area (Å²) in [5.41, 5.74) is -0.0874. The van der Waals surface area contributed by atoms with E-state index in [-0.39, 0.29) is 24.2 Å². The first-order valence-electron chi connectivity index (χ1n) is 6.16. The fraction of sp³-hybridized carbons (Fsp3) is 0.143. The van der Waals surface area contributed by atoms with Crippen LogP contribution < -0.4 is 4.90 Å². The lowest BCUT2D eigenvalue weighted by molar-refractivity contribution is -0.121. The Kier molecular flexibility index (Phi) is 2.90. The Labute approximate surface area is 118 Å². The predicted octanol–water partition coefficient (Wildman–Crippen LogP) is 2.15. The van der Waals surface area contributed by atoms with Gasteiger partial charge in [-0.3, -0.25) is 9.59 Å². The van der Waals surface area contributed by atoms with Crippen molar-refractivity contribution >= 4 is 17.7 Å². The molecular formula is C14H10FNO5. The summed E-state index contributed by atoms with van der Waals surface area (Å²) < 4.78 is 18.9. The lowest BCUT2D eigenvalue weighted by Gasteiger charge is -2.09. The first-order chi connectivity index (χ1) is 10.0. The number of anilines is 1. The number of rotatable bonds is 2. The first-order valence-corrected chi connectivity index (χ1v) is 6.16. The van der Waals surface area contributed by atoms with E-state index < -0.39 is 35.0 Å². The van der Waals surface area contributed by atoms with Crippen molar-refractivity contribution in [3.05, 3.63) is 30.1 Å². The van der Waals surface area contributed by atoms with Gasteiger partial charge in [-0.25, -0.2) is 9.29 Å². The molecule has 6 nitrogen and oxygen atoms in total. The first kappa shape index (κ1) is 13.2. The summed E-state index contributed by atoms with van der Waals surface area (Å²) in [6, 6.07) is 5.46. The molecule has 0 radical (unpaired) electrons. The van der Waals surface area contributed by atoms with Crippen LogP contribution in [0.1, 0.15) is 12.8 Å². The van der Waals surface area contributed by atoms with Crippen LogP contribution in [0.15, 0.2) is 28.7 Å². The number of hydrogen-bond donors (Lipinski definition) is 2. The lowest BCUT2D eigenvalue weighted by Crippen LogP contribution is -2.28. The number of furan rings is 1. The van der Waals surface area contributed by atoms with Gasteiger partial charge in [0, 0.05) is 12.8 Å². The third-order valence-corrected chi connectivity index (χ3v) is 3.21. The molecule has 0 aliphatic carbocycles. The maximum atomic E-state index is 13.7. The number of imide groups is 1. The number of amides is 2. The van der Waals surface area contributed by atoms with E-state index in [0.717, 1.165) is 6.07 Å². The molecule has 2 heterocycles. The minimum atomic E-state index is -0.767. The largest absolute Gasteiger partial charge is 0.502 e. The maximum absolute atomic E-state index is 13.7. The zero-order valence-electron chi connectivity index (χ0n) is 10.7. The van der Waals surface area contributed by atoms with Crippen LogP contribution in [0.5, 0.6) is 11.5 Å². The highest BCUT2D eigenvalue weighted by Crippen LogP contribution is 2.48. The van der Waals surface area contributed by atoms with Crippen molar-refractivity contribution in [2.24, 2.45) is 0 Å². The van der Waals surface area contributed by atoms with Gasteiger partial charge in [-0.2, -0.15) is 0 Å². The van der Waals surface area contributed by atoms with Gasteiger partial charge >= 0.3 is 0 Å². The highest BCUT2D eigenvalue weighted by Gasteiger charge is 2.37. The van der Waals surface area contributed by atoms with E-state index in [0.29, 0.717) is 4.90 Å². The van der Waals surface area contributed by atoms with Gasteiger partial charge in [0.15, 0.2) is 5.76 Å². The van der Waals surface area contributed by atoms with Crippen LogP contribution in [0.3, 0.4) is 0 Å². The molecule has 1 aromatic carbocycles. The topological polar surface area (TPSA) is 91.0 Å². The fourth-order valence-corrected chi connectivity index (χ4v) is 2.18. The lowest BCUT2D eigenvalue weighted by atomic mass is 10.1. The van der Waals surface area contributed by atoms with Gasteiger partial charge in [-0.1, -0.05) is 12.1 Å². The second-order valence-corrected chi connectivity index (χ2v) is 4.54. The Bertz CT molecular complexity index is 736. The van der Waals surface area contributed by atoms with Gasteiger partial charge in [0.2, 0.25) is 23.3 Å². The van der Waals surface area contributed by atoms with Gasteiger partial charge in [-0.15, -0.1) is 0 Å². The van der Waals surface area contributed by atoms with E-state index in [9.17, 15) is 24.2 Å². The molecule has 1 saturated heterocycles. The van der Waals surface area contributed by atoms with Gasteiger partial charge in [-0.05, 0) is 12.1 Å². The van der Waals surface area contributed by atoms with Crippen LogP contribution in [-0.2, 0) is 9.59 Å². The van der Waals surface area contributed by atoms with Gasteiger partial charge in [0.05, 0.1) is 5.56 Å². The second kappa shape index (κ2) is 4.62. The average molecular weight is 291 g/mol. The minimum Gasteiger partial charge on any atom is -0.502 e. The molecule has 2 amide bonds. The number of hydrogen-bond acceptors (Lipinski definition) is 5. The van der Waals surface area contributed by atoms with E-state index in [1.807, 2.05) is 0 Å². The number of carbonyl (C=O) groups is 2. The van der Waals surface area contributed by atoms with Crippen molar-refractivity contribution in [1.82, 2.24) is 0 Å². The summed E-state index contributed by atoms with van der Waals surface area (Å²) in [6.07, 6.45) is -0.0104. The molecule has 108 valence electrons. The number of halogens is 1. The molecule has 2 aromatic rings. The van der Waals surface area contributed by atoms with Crippen molar-refractivity contribution in [3.63, 3.8) is 0 Å². The zero-order valence-corrected chi connectivity index (χ0v) is 10.7. The molecule has 0 spiro atoms. The molecule has 2 N–H and O–H groups in total. The van der Waals surface area contributed by atoms with E-state index in [2.05, 4.69) is 0 Å². The predicted molar refractivity (Wildman–Crippen MR) is 69.2 cm³/mol. The van der Waals surface area contributed by atoms with Crippen LogP contribution in [0.2, 0.25) is 0 Å². The summed E-state index contributed by atoms with van der Waals surface area (Å²) in [7, 11) is 0. The van der Waals surface area contributed by atoms with Crippen LogP contribution in [0.25, 0.3) is 11.3 Å². The molecule has 0 saturated carbocycles. The summed E-state index contributed by atoms with van der Waals surface area (Å²) >= 11 is 0. The summed E-state index contributed by atoms with van der Waals surface area (Å²) in [5.74, 6) is -4.09. The van der Waals surface area contributed by atoms with Gasteiger partial charge in [0.1, 0.15) is 5.82 Å². The average Bonchev–Trinajstić information content (AvgIpc) is 2.93. The zero-order chi connectivity index (χ0) is 15.1.